The standard InChI is InChI=1S/C6H8ClNOS/c1-5-2-3-10-6(5)8(9)4-7/h2-3,9H,4H2,1H3. The Bertz CT molecular complexity index is 213. The smallest absolute Gasteiger partial charge is 0.120 e. The SMILES string of the molecule is Cc1ccsc1N(O)CCl. The molecule has 0 fully saturated rings. The van der Waals surface area contributed by atoms with Crippen molar-refractivity contribution in [3.05, 3.63) is 17.0 Å². The van der Waals surface area contributed by atoms with Crippen molar-refractivity contribution in [2.75, 3.05) is 11.1 Å². The summed E-state index contributed by atoms with van der Waals surface area (Å²) in [5.41, 5.74) is 1.05. The van der Waals surface area contributed by atoms with E-state index in [4.69, 9.17) is 16.8 Å². The normalized spacial score (nSPS) is 9.90. The molecule has 0 amide bonds. The van der Waals surface area contributed by atoms with Gasteiger partial charge in [-0.3, -0.25) is 5.21 Å². The Morgan fingerprint density at radius 1 is 1.80 bits per heavy atom. The number of hydroxylamine groups is 1. The molecule has 1 aromatic rings. The van der Waals surface area contributed by atoms with E-state index in [0.717, 1.165) is 15.6 Å². The number of hydrogen-bond acceptors (Lipinski definition) is 3. The van der Waals surface area contributed by atoms with Crippen LogP contribution in [0.1, 0.15) is 5.56 Å². The van der Waals surface area contributed by atoms with Gasteiger partial charge in [0.25, 0.3) is 0 Å². The second kappa shape index (κ2) is 3.23. The van der Waals surface area contributed by atoms with Gasteiger partial charge in [0, 0.05) is 0 Å². The lowest BCUT2D eigenvalue weighted by molar-refractivity contribution is 0.274. The summed E-state index contributed by atoms with van der Waals surface area (Å²) in [7, 11) is 0. The van der Waals surface area contributed by atoms with Gasteiger partial charge in [-0.05, 0) is 23.9 Å². The van der Waals surface area contributed by atoms with Crippen LogP contribution in [0.25, 0.3) is 0 Å². The Balaban J connectivity index is 2.82. The molecule has 0 atom stereocenters. The Morgan fingerprint density at radius 3 is 2.90 bits per heavy atom. The summed E-state index contributed by atoms with van der Waals surface area (Å²) >= 11 is 6.87. The molecule has 10 heavy (non-hydrogen) atoms. The minimum Gasteiger partial charge on any atom is -0.286 e. The van der Waals surface area contributed by atoms with Crippen LogP contribution < -0.4 is 5.06 Å². The van der Waals surface area contributed by atoms with Crippen LogP contribution in [-0.4, -0.2) is 11.2 Å². The molecule has 0 aliphatic heterocycles. The van der Waals surface area contributed by atoms with E-state index in [0.29, 0.717) is 0 Å². The second-order valence-electron chi connectivity index (χ2n) is 1.93. The minimum absolute atomic E-state index is 0.112. The summed E-state index contributed by atoms with van der Waals surface area (Å²) in [5, 5.41) is 12.9. The maximum atomic E-state index is 9.11. The predicted octanol–water partition coefficient (Wildman–Crippen LogP) is 2.45. The summed E-state index contributed by atoms with van der Waals surface area (Å²) in [6.07, 6.45) is 0. The van der Waals surface area contributed by atoms with E-state index in [1.807, 2.05) is 18.4 Å². The summed E-state index contributed by atoms with van der Waals surface area (Å²) < 4.78 is 0. The fourth-order valence-electron chi connectivity index (χ4n) is 0.683. The number of rotatable bonds is 2. The number of thiophene rings is 1. The van der Waals surface area contributed by atoms with Crippen LogP contribution in [0.5, 0.6) is 0 Å². The molecule has 0 unspecified atom stereocenters. The van der Waals surface area contributed by atoms with E-state index >= 15 is 0 Å². The molecule has 4 heteroatoms. The van der Waals surface area contributed by atoms with Crippen LogP contribution in [0.4, 0.5) is 5.00 Å². The van der Waals surface area contributed by atoms with Crippen molar-refractivity contribution in [3.8, 4) is 0 Å². The Kier molecular flexibility index (Phi) is 2.54. The minimum atomic E-state index is 0.112. The van der Waals surface area contributed by atoms with Gasteiger partial charge in [0.05, 0.1) is 0 Å². The highest BCUT2D eigenvalue weighted by Crippen LogP contribution is 2.25. The van der Waals surface area contributed by atoms with Gasteiger partial charge in [-0.1, -0.05) is 0 Å². The zero-order chi connectivity index (χ0) is 7.56. The molecular formula is C6H8ClNOS. The molecular weight excluding hydrogens is 170 g/mol. The molecule has 0 saturated carbocycles. The molecule has 1 N–H and O–H groups in total. The summed E-state index contributed by atoms with van der Waals surface area (Å²) in [6.45, 7) is 1.93. The molecule has 0 aliphatic rings. The maximum absolute atomic E-state index is 9.11. The third-order valence-corrected chi connectivity index (χ3v) is 2.44. The highest BCUT2D eigenvalue weighted by atomic mass is 35.5. The lowest BCUT2D eigenvalue weighted by atomic mass is 10.4. The van der Waals surface area contributed by atoms with Crippen molar-refractivity contribution < 1.29 is 5.21 Å². The molecule has 1 rings (SSSR count). The van der Waals surface area contributed by atoms with Crippen molar-refractivity contribution in [3.63, 3.8) is 0 Å². The molecule has 56 valence electrons. The largest absolute Gasteiger partial charge is 0.286 e. The van der Waals surface area contributed by atoms with E-state index in [1.165, 1.54) is 11.3 Å². The predicted molar refractivity (Wildman–Crippen MR) is 44.0 cm³/mol. The molecule has 1 heterocycles. The summed E-state index contributed by atoms with van der Waals surface area (Å²) in [4.78, 5) is 0. The van der Waals surface area contributed by atoms with Gasteiger partial charge in [0.15, 0.2) is 0 Å². The number of alkyl halides is 1. The first kappa shape index (κ1) is 7.85. The molecule has 0 bridgehead atoms. The van der Waals surface area contributed by atoms with Gasteiger partial charge in [-0.15, -0.1) is 22.9 Å². The van der Waals surface area contributed by atoms with E-state index in [2.05, 4.69) is 0 Å². The molecule has 0 aliphatic carbocycles. The fourth-order valence-corrected chi connectivity index (χ4v) is 1.72. The zero-order valence-electron chi connectivity index (χ0n) is 5.54. The van der Waals surface area contributed by atoms with Crippen LogP contribution in [0.15, 0.2) is 11.4 Å². The van der Waals surface area contributed by atoms with Gasteiger partial charge < -0.3 is 0 Å². The highest BCUT2D eigenvalue weighted by Gasteiger charge is 2.04. The van der Waals surface area contributed by atoms with Crippen molar-refractivity contribution >= 4 is 27.9 Å². The van der Waals surface area contributed by atoms with Gasteiger partial charge in [0.2, 0.25) is 0 Å². The van der Waals surface area contributed by atoms with E-state index in [1.54, 1.807) is 0 Å². The zero-order valence-corrected chi connectivity index (χ0v) is 7.11. The van der Waals surface area contributed by atoms with Crippen LogP contribution >= 0.6 is 22.9 Å². The molecule has 0 saturated heterocycles. The maximum Gasteiger partial charge on any atom is 0.120 e. The molecule has 2 nitrogen and oxygen atoms in total. The molecule has 0 radical (unpaired) electrons. The Hall–Kier alpha value is -0.250. The number of hydrogen-bond donors (Lipinski definition) is 1. The first-order valence-corrected chi connectivity index (χ1v) is 4.23. The first-order chi connectivity index (χ1) is 4.75. The van der Waals surface area contributed by atoms with E-state index in [-0.39, 0.29) is 6.00 Å². The number of anilines is 1. The Labute approximate surface area is 68.6 Å². The summed E-state index contributed by atoms with van der Waals surface area (Å²) in [5.74, 6) is 0. The first-order valence-electron chi connectivity index (χ1n) is 2.82. The van der Waals surface area contributed by atoms with Gasteiger partial charge in [-0.25, -0.2) is 5.06 Å². The van der Waals surface area contributed by atoms with Gasteiger partial charge in [0.1, 0.15) is 11.0 Å². The average molecular weight is 178 g/mol. The van der Waals surface area contributed by atoms with Crippen molar-refractivity contribution in [2.45, 2.75) is 6.92 Å². The number of aryl methyl sites for hydroxylation is 1. The monoisotopic (exact) mass is 177 g/mol. The van der Waals surface area contributed by atoms with Crippen LogP contribution in [0.3, 0.4) is 0 Å². The average Bonchev–Trinajstić information content (AvgIpc) is 2.34. The van der Waals surface area contributed by atoms with Crippen molar-refractivity contribution in [1.82, 2.24) is 0 Å². The summed E-state index contributed by atoms with van der Waals surface area (Å²) in [6, 6.07) is 2.05. The lowest BCUT2D eigenvalue weighted by Gasteiger charge is -2.10. The third kappa shape index (κ3) is 1.42. The second-order valence-corrected chi connectivity index (χ2v) is 3.06. The van der Waals surface area contributed by atoms with Crippen molar-refractivity contribution in [1.29, 1.82) is 0 Å². The van der Waals surface area contributed by atoms with Gasteiger partial charge in [-0.2, -0.15) is 0 Å². The molecule has 0 aromatic carbocycles. The van der Waals surface area contributed by atoms with Crippen LogP contribution in [0, 0.1) is 6.92 Å². The topological polar surface area (TPSA) is 23.5 Å². The van der Waals surface area contributed by atoms with E-state index in [9.17, 15) is 0 Å². The van der Waals surface area contributed by atoms with Crippen LogP contribution in [0.2, 0.25) is 0 Å². The number of halogens is 1. The molecule has 0 spiro atoms. The Morgan fingerprint density at radius 2 is 2.50 bits per heavy atom. The lowest BCUT2D eigenvalue weighted by Crippen LogP contribution is -2.14. The van der Waals surface area contributed by atoms with Crippen molar-refractivity contribution in [2.24, 2.45) is 0 Å². The third-order valence-electron chi connectivity index (χ3n) is 1.18. The molecule has 1 aromatic heterocycles. The van der Waals surface area contributed by atoms with Gasteiger partial charge >= 0.3 is 0 Å². The quantitative estimate of drug-likeness (QED) is 0.426. The fraction of sp³-hybridized carbons (Fsp3) is 0.333. The van der Waals surface area contributed by atoms with E-state index < -0.39 is 0 Å². The number of nitrogens with zero attached hydrogens (tertiary/aromatic N) is 1. The van der Waals surface area contributed by atoms with Crippen LogP contribution in [-0.2, 0) is 0 Å². The highest BCUT2D eigenvalue weighted by molar-refractivity contribution is 7.14.